The van der Waals surface area contributed by atoms with Gasteiger partial charge in [0, 0.05) is 25.4 Å². The summed E-state index contributed by atoms with van der Waals surface area (Å²) in [5.74, 6) is -0.142. The maximum Gasteiger partial charge on any atom is 0.265 e. The van der Waals surface area contributed by atoms with Gasteiger partial charge in [-0.2, -0.15) is 4.31 Å². The number of rotatable bonds is 5. The summed E-state index contributed by atoms with van der Waals surface area (Å²) < 4.78 is 34.2. The summed E-state index contributed by atoms with van der Waals surface area (Å²) in [6, 6.07) is 6.73. The van der Waals surface area contributed by atoms with Gasteiger partial charge in [0.25, 0.3) is 5.91 Å². The van der Waals surface area contributed by atoms with E-state index < -0.39 is 22.0 Å². The minimum Gasteiger partial charge on any atom is -0.478 e. The number of carbonyl (C=O) groups excluding carboxylic acids is 2. The first kappa shape index (κ1) is 23.2. The summed E-state index contributed by atoms with van der Waals surface area (Å²) in [7, 11) is -3.87. The standard InChI is InChI=1S/C23H28N4O5S/c1-4-18-23(29)25-17-11-15(3)20(12-19(17)32-18)33(30,31)27-10-6-8-16(13-27)22(28)26-21-14(2)7-5-9-24-21/h5,7,9,11-12,16,18H,4,6,8,10,13H2,1-3H3,(H,25,29)(H,24,26,28)/t16-,18+/m1/s1. The highest BCUT2D eigenvalue weighted by molar-refractivity contribution is 7.89. The van der Waals surface area contributed by atoms with E-state index >= 15 is 0 Å². The first-order valence-corrected chi connectivity index (χ1v) is 12.5. The number of sulfonamides is 1. The molecule has 2 aliphatic rings. The van der Waals surface area contributed by atoms with Gasteiger partial charge in [-0.25, -0.2) is 13.4 Å². The number of amides is 2. The number of benzene rings is 1. The maximum absolute atomic E-state index is 13.5. The normalized spacial score (nSPS) is 21.0. The maximum atomic E-state index is 13.5. The van der Waals surface area contributed by atoms with Crippen LogP contribution in [0.15, 0.2) is 35.4 Å². The highest BCUT2D eigenvalue weighted by atomic mass is 32.2. The van der Waals surface area contributed by atoms with E-state index in [1.807, 2.05) is 19.9 Å². The Kier molecular flexibility index (Phi) is 6.40. The van der Waals surface area contributed by atoms with Gasteiger partial charge in [-0.1, -0.05) is 13.0 Å². The van der Waals surface area contributed by atoms with Gasteiger partial charge in [-0.05, 0) is 56.4 Å². The van der Waals surface area contributed by atoms with Crippen LogP contribution in [0.2, 0.25) is 0 Å². The van der Waals surface area contributed by atoms with Crippen molar-refractivity contribution in [1.82, 2.24) is 9.29 Å². The van der Waals surface area contributed by atoms with Crippen molar-refractivity contribution in [2.24, 2.45) is 5.92 Å². The van der Waals surface area contributed by atoms with Gasteiger partial charge >= 0.3 is 0 Å². The van der Waals surface area contributed by atoms with Gasteiger partial charge in [0.05, 0.1) is 16.5 Å². The van der Waals surface area contributed by atoms with E-state index in [1.165, 1.54) is 10.4 Å². The number of aromatic nitrogens is 1. The molecule has 2 atom stereocenters. The van der Waals surface area contributed by atoms with Crippen LogP contribution in [0, 0.1) is 19.8 Å². The zero-order valence-electron chi connectivity index (χ0n) is 18.9. The van der Waals surface area contributed by atoms with Gasteiger partial charge in [-0.3, -0.25) is 9.59 Å². The van der Waals surface area contributed by atoms with Crippen molar-refractivity contribution in [2.45, 2.75) is 51.0 Å². The summed E-state index contributed by atoms with van der Waals surface area (Å²) in [4.78, 5) is 29.2. The van der Waals surface area contributed by atoms with Crippen LogP contribution >= 0.6 is 0 Å². The van der Waals surface area contributed by atoms with Gasteiger partial charge < -0.3 is 15.4 Å². The van der Waals surface area contributed by atoms with E-state index in [0.717, 1.165) is 5.56 Å². The number of nitrogens with zero attached hydrogens (tertiary/aromatic N) is 2. The largest absolute Gasteiger partial charge is 0.478 e. The van der Waals surface area contributed by atoms with E-state index in [0.29, 0.717) is 48.6 Å². The fourth-order valence-corrected chi connectivity index (χ4v) is 5.93. The number of aryl methyl sites for hydroxylation is 2. The summed E-state index contributed by atoms with van der Waals surface area (Å²) in [5, 5.41) is 5.61. The number of pyridine rings is 1. The molecule has 0 spiro atoms. The Morgan fingerprint density at radius 3 is 2.82 bits per heavy atom. The predicted molar refractivity (Wildman–Crippen MR) is 124 cm³/mol. The van der Waals surface area contributed by atoms with E-state index in [2.05, 4.69) is 15.6 Å². The van der Waals surface area contributed by atoms with Crippen molar-refractivity contribution in [3.05, 3.63) is 41.6 Å². The van der Waals surface area contributed by atoms with Crippen LogP contribution in [-0.2, 0) is 19.6 Å². The predicted octanol–water partition coefficient (Wildman–Crippen LogP) is 2.85. The molecule has 10 heteroatoms. The SMILES string of the molecule is CC[C@@H]1Oc2cc(S(=O)(=O)N3CCC[C@@H](C(=O)Nc4ncccc4C)C3)c(C)cc2NC1=O. The Bertz CT molecular complexity index is 1200. The summed E-state index contributed by atoms with van der Waals surface area (Å²) in [5.41, 5.74) is 1.80. The Morgan fingerprint density at radius 2 is 2.09 bits per heavy atom. The molecular formula is C23H28N4O5S. The molecule has 9 nitrogen and oxygen atoms in total. The molecule has 1 fully saturated rings. The van der Waals surface area contributed by atoms with Crippen molar-refractivity contribution >= 4 is 33.3 Å². The Balaban J connectivity index is 1.55. The third-order valence-corrected chi connectivity index (χ3v) is 8.10. The number of nitrogens with one attached hydrogen (secondary N) is 2. The number of piperidine rings is 1. The summed E-state index contributed by atoms with van der Waals surface area (Å²) in [6.45, 7) is 5.79. The van der Waals surface area contributed by atoms with Gasteiger partial charge in [-0.15, -0.1) is 0 Å². The number of hydrogen-bond acceptors (Lipinski definition) is 6. The first-order valence-electron chi connectivity index (χ1n) is 11.1. The zero-order valence-corrected chi connectivity index (χ0v) is 19.7. The lowest BCUT2D eigenvalue weighted by molar-refractivity contribution is -0.123. The van der Waals surface area contributed by atoms with E-state index in [1.54, 1.807) is 25.3 Å². The number of anilines is 2. The number of hydrogen-bond donors (Lipinski definition) is 2. The molecular weight excluding hydrogens is 444 g/mol. The second kappa shape index (κ2) is 9.11. The third-order valence-electron chi connectivity index (χ3n) is 6.09. The van der Waals surface area contributed by atoms with Gasteiger partial charge in [0.2, 0.25) is 15.9 Å². The van der Waals surface area contributed by atoms with Crippen LogP contribution in [0.25, 0.3) is 0 Å². The first-order chi connectivity index (χ1) is 15.7. The topological polar surface area (TPSA) is 118 Å². The summed E-state index contributed by atoms with van der Waals surface area (Å²) in [6.07, 6.45) is 2.59. The van der Waals surface area contributed by atoms with Crippen LogP contribution in [0.1, 0.15) is 37.3 Å². The molecule has 0 saturated carbocycles. The average Bonchev–Trinajstić information content (AvgIpc) is 2.79. The molecule has 1 aromatic heterocycles. The molecule has 2 amide bonds. The Morgan fingerprint density at radius 1 is 1.30 bits per heavy atom. The molecule has 3 heterocycles. The fourth-order valence-electron chi connectivity index (χ4n) is 4.18. The number of fused-ring (bicyclic) bond motifs is 1. The monoisotopic (exact) mass is 472 g/mol. The van der Waals surface area contributed by atoms with E-state index in [-0.39, 0.29) is 23.3 Å². The lowest BCUT2D eigenvalue weighted by Gasteiger charge is -2.32. The molecule has 0 unspecified atom stereocenters. The van der Waals surface area contributed by atoms with Crippen molar-refractivity contribution in [3.8, 4) is 5.75 Å². The highest BCUT2D eigenvalue weighted by Gasteiger charge is 2.36. The fraction of sp³-hybridized carbons (Fsp3) is 0.435. The van der Waals surface area contributed by atoms with Crippen LogP contribution in [0.5, 0.6) is 5.75 Å². The van der Waals surface area contributed by atoms with Gasteiger partial charge in [0.1, 0.15) is 11.6 Å². The number of carbonyl (C=O) groups is 2. The summed E-state index contributed by atoms with van der Waals surface area (Å²) >= 11 is 0. The van der Waals surface area contributed by atoms with Crippen LogP contribution < -0.4 is 15.4 Å². The molecule has 2 aromatic rings. The minimum atomic E-state index is -3.87. The smallest absolute Gasteiger partial charge is 0.265 e. The molecule has 4 rings (SSSR count). The van der Waals surface area contributed by atoms with E-state index in [9.17, 15) is 18.0 Å². The molecule has 1 saturated heterocycles. The van der Waals surface area contributed by atoms with E-state index in [4.69, 9.17) is 4.74 Å². The van der Waals surface area contributed by atoms with Crippen LogP contribution in [-0.4, -0.2) is 48.7 Å². The quantitative estimate of drug-likeness (QED) is 0.691. The lowest BCUT2D eigenvalue weighted by Crippen LogP contribution is -2.44. The Labute approximate surface area is 193 Å². The van der Waals surface area contributed by atoms with Crippen LogP contribution in [0.3, 0.4) is 0 Å². The van der Waals surface area contributed by atoms with Crippen molar-refractivity contribution < 1.29 is 22.7 Å². The van der Waals surface area contributed by atoms with Crippen molar-refractivity contribution in [3.63, 3.8) is 0 Å². The minimum absolute atomic E-state index is 0.0890. The molecule has 0 aliphatic carbocycles. The molecule has 33 heavy (non-hydrogen) atoms. The lowest BCUT2D eigenvalue weighted by atomic mass is 9.99. The second-order valence-electron chi connectivity index (χ2n) is 8.48. The molecule has 0 radical (unpaired) electrons. The Hall–Kier alpha value is -2.98. The molecule has 1 aromatic carbocycles. The van der Waals surface area contributed by atoms with Crippen molar-refractivity contribution in [2.75, 3.05) is 23.7 Å². The van der Waals surface area contributed by atoms with Crippen molar-refractivity contribution in [1.29, 1.82) is 0 Å². The second-order valence-corrected chi connectivity index (χ2v) is 10.4. The van der Waals surface area contributed by atoms with Gasteiger partial charge in [0.15, 0.2) is 6.10 Å². The number of ether oxygens (including phenoxy) is 1. The zero-order chi connectivity index (χ0) is 23.8. The molecule has 176 valence electrons. The highest BCUT2D eigenvalue weighted by Crippen LogP contribution is 2.36. The average molecular weight is 473 g/mol. The molecule has 2 N–H and O–H groups in total. The third kappa shape index (κ3) is 4.58. The molecule has 2 aliphatic heterocycles. The molecule has 0 bridgehead atoms. The van der Waals surface area contributed by atoms with Crippen LogP contribution in [0.4, 0.5) is 11.5 Å².